The van der Waals surface area contributed by atoms with Crippen LogP contribution in [0.1, 0.15) is 20.3 Å². The topological polar surface area (TPSA) is 75.4 Å². The Morgan fingerprint density at radius 1 is 1.50 bits per heavy atom. The summed E-state index contributed by atoms with van der Waals surface area (Å²) in [6, 6.07) is -0.0782. The summed E-state index contributed by atoms with van der Waals surface area (Å²) in [5.74, 6) is 0. The van der Waals surface area contributed by atoms with Crippen LogP contribution in [-0.4, -0.2) is 37.9 Å². The molecule has 7 heteroatoms. The molecule has 0 radical (unpaired) electrons. The second-order valence-corrected chi connectivity index (χ2v) is 5.39. The summed E-state index contributed by atoms with van der Waals surface area (Å²) in [5, 5.41) is 0. The number of rotatable bonds is 3. The second kappa shape index (κ2) is 5.27. The van der Waals surface area contributed by atoms with Gasteiger partial charge in [-0.2, -0.15) is 17.4 Å². The minimum Gasteiger partial charge on any atom is -0.326 e. The Morgan fingerprint density at radius 3 is 2.43 bits per heavy atom. The van der Waals surface area contributed by atoms with Gasteiger partial charge in [0.1, 0.15) is 0 Å². The van der Waals surface area contributed by atoms with Gasteiger partial charge in [-0.15, -0.1) is 12.4 Å². The van der Waals surface area contributed by atoms with E-state index in [2.05, 4.69) is 4.72 Å². The molecule has 1 rings (SSSR count). The molecule has 0 unspecified atom stereocenters. The molecule has 1 aliphatic heterocycles. The molecule has 0 aromatic heterocycles. The van der Waals surface area contributed by atoms with Crippen molar-refractivity contribution in [3.05, 3.63) is 0 Å². The first-order chi connectivity index (χ1) is 5.92. The van der Waals surface area contributed by atoms with Gasteiger partial charge in [0, 0.05) is 25.2 Å². The summed E-state index contributed by atoms with van der Waals surface area (Å²) >= 11 is 0. The van der Waals surface area contributed by atoms with Crippen molar-refractivity contribution in [1.82, 2.24) is 9.03 Å². The highest BCUT2D eigenvalue weighted by Gasteiger charge is 2.29. The van der Waals surface area contributed by atoms with Gasteiger partial charge in [0.25, 0.3) is 10.2 Å². The van der Waals surface area contributed by atoms with Gasteiger partial charge in [-0.3, -0.25) is 0 Å². The van der Waals surface area contributed by atoms with E-state index in [-0.39, 0.29) is 24.5 Å². The van der Waals surface area contributed by atoms with Crippen molar-refractivity contribution in [2.24, 2.45) is 5.73 Å². The first-order valence-corrected chi connectivity index (χ1v) is 5.89. The summed E-state index contributed by atoms with van der Waals surface area (Å²) in [4.78, 5) is 0. The number of hydrogen-bond acceptors (Lipinski definition) is 3. The third kappa shape index (κ3) is 3.70. The number of hydrogen-bond donors (Lipinski definition) is 2. The van der Waals surface area contributed by atoms with E-state index in [4.69, 9.17) is 5.73 Å². The van der Waals surface area contributed by atoms with E-state index in [1.54, 1.807) is 13.8 Å². The van der Waals surface area contributed by atoms with Crippen LogP contribution in [0.4, 0.5) is 0 Å². The smallest absolute Gasteiger partial charge is 0.279 e. The van der Waals surface area contributed by atoms with E-state index in [1.807, 2.05) is 0 Å². The molecule has 5 nitrogen and oxygen atoms in total. The largest absolute Gasteiger partial charge is 0.326 e. The van der Waals surface area contributed by atoms with Crippen molar-refractivity contribution in [2.75, 3.05) is 13.1 Å². The zero-order valence-electron chi connectivity index (χ0n) is 8.43. The van der Waals surface area contributed by atoms with Crippen LogP contribution in [0.2, 0.25) is 0 Å². The number of nitrogens with two attached hydrogens (primary N) is 1. The molecule has 1 atom stereocenters. The molecule has 0 bridgehead atoms. The highest BCUT2D eigenvalue weighted by Crippen LogP contribution is 2.10. The SMILES string of the molecule is CC(C)NS(=O)(=O)N1CC[C@H](N)C1.Cl. The summed E-state index contributed by atoms with van der Waals surface area (Å²) in [6.07, 6.45) is 0.749. The lowest BCUT2D eigenvalue weighted by molar-refractivity contribution is 0.454. The Labute approximate surface area is 91.6 Å². The summed E-state index contributed by atoms with van der Waals surface area (Å²) in [6.45, 7) is 4.56. The van der Waals surface area contributed by atoms with Crippen LogP contribution in [0.15, 0.2) is 0 Å². The van der Waals surface area contributed by atoms with Gasteiger partial charge in [0.15, 0.2) is 0 Å². The van der Waals surface area contributed by atoms with Crippen LogP contribution in [0.5, 0.6) is 0 Å². The summed E-state index contributed by atoms with van der Waals surface area (Å²) in [5.41, 5.74) is 5.62. The lowest BCUT2D eigenvalue weighted by Gasteiger charge is -2.18. The molecule has 0 amide bonds. The fraction of sp³-hybridized carbons (Fsp3) is 1.00. The van der Waals surface area contributed by atoms with Gasteiger partial charge in [-0.1, -0.05) is 0 Å². The van der Waals surface area contributed by atoms with Gasteiger partial charge < -0.3 is 5.73 Å². The van der Waals surface area contributed by atoms with Gasteiger partial charge in [0.2, 0.25) is 0 Å². The first kappa shape index (κ1) is 14.1. The molecule has 1 saturated heterocycles. The average molecular weight is 244 g/mol. The number of nitrogens with one attached hydrogen (secondary N) is 1. The normalized spacial score (nSPS) is 23.9. The van der Waals surface area contributed by atoms with E-state index in [0.717, 1.165) is 6.42 Å². The summed E-state index contributed by atoms with van der Waals surface area (Å²) in [7, 11) is -3.29. The maximum absolute atomic E-state index is 11.5. The molecule has 1 heterocycles. The first-order valence-electron chi connectivity index (χ1n) is 4.45. The Morgan fingerprint density at radius 2 is 2.07 bits per heavy atom. The molecule has 0 aromatic rings. The molecule has 14 heavy (non-hydrogen) atoms. The number of halogens is 1. The zero-order valence-corrected chi connectivity index (χ0v) is 10.1. The third-order valence-electron chi connectivity index (χ3n) is 1.91. The maximum Gasteiger partial charge on any atom is 0.279 e. The number of nitrogens with zero attached hydrogens (tertiary/aromatic N) is 1. The van der Waals surface area contributed by atoms with E-state index >= 15 is 0 Å². The van der Waals surface area contributed by atoms with Crippen molar-refractivity contribution >= 4 is 22.6 Å². The van der Waals surface area contributed by atoms with Crippen LogP contribution in [0.25, 0.3) is 0 Å². The van der Waals surface area contributed by atoms with Crippen LogP contribution in [0.3, 0.4) is 0 Å². The Hall–Kier alpha value is 0.120. The molecule has 1 fully saturated rings. The molecule has 0 aliphatic carbocycles. The van der Waals surface area contributed by atoms with Crippen molar-refractivity contribution < 1.29 is 8.42 Å². The van der Waals surface area contributed by atoms with E-state index in [1.165, 1.54) is 4.31 Å². The average Bonchev–Trinajstić information content (AvgIpc) is 2.32. The maximum atomic E-state index is 11.5. The molecule has 0 spiro atoms. The molecule has 1 aliphatic rings. The Kier molecular flexibility index (Phi) is 5.32. The highest BCUT2D eigenvalue weighted by atomic mass is 35.5. The lowest BCUT2D eigenvalue weighted by atomic mass is 10.3. The molecule has 0 saturated carbocycles. The van der Waals surface area contributed by atoms with Gasteiger partial charge in [-0.05, 0) is 20.3 Å². The highest BCUT2D eigenvalue weighted by molar-refractivity contribution is 7.87. The fourth-order valence-corrected chi connectivity index (χ4v) is 2.82. The monoisotopic (exact) mass is 243 g/mol. The van der Waals surface area contributed by atoms with Crippen molar-refractivity contribution in [1.29, 1.82) is 0 Å². The molecule has 0 aromatic carbocycles. The van der Waals surface area contributed by atoms with Crippen molar-refractivity contribution in [3.63, 3.8) is 0 Å². The van der Waals surface area contributed by atoms with Crippen molar-refractivity contribution in [3.8, 4) is 0 Å². The van der Waals surface area contributed by atoms with E-state index in [0.29, 0.717) is 13.1 Å². The van der Waals surface area contributed by atoms with Gasteiger partial charge in [0.05, 0.1) is 0 Å². The van der Waals surface area contributed by atoms with Crippen LogP contribution < -0.4 is 10.5 Å². The zero-order chi connectivity index (χ0) is 10.1. The van der Waals surface area contributed by atoms with E-state index < -0.39 is 10.2 Å². The predicted molar refractivity (Wildman–Crippen MR) is 58.6 cm³/mol. The standard InChI is InChI=1S/C7H17N3O2S.ClH/c1-6(2)9-13(11,12)10-4-3-7(8)5-10;/h6-7,9H,3-5,8H2,1-2H3;1H/t7-;/m0./s1. The van der Waals surface area contributed by atoms with Crippen LogP contribution in [-0.2, 0) is 10.2 Å². The molecule has 86 valence electrons. The predicted octanol–water partition coefficient (Wildman–Crippen LogP) is -0.316. The quantitative estimate of drug-likeness (QED) is 0.714. The fourth-order valence-electron chi connectivity index (χ4n) is 1.34. The van der Waals surface area contributed by atoms with Gasteiger partial charge >= 0.3 is 0 Å². The molecule has 3 N–H and O–H groups in total. The van der Waals surface area contributed by atoms with Crippen molar-refractivity contribution in [2.45, 2.75) is 32.4 Å². The minimum atomic E-state index is -3.29. The van der Waals surface area contributed by atoms with E-state index in [9.17, 15) is 8.42 Å². The Bertz CT molecular complexity index is 268. The second-order valence-electron chi connectivity index (χ2n) is 3.68. The van der Waals surface area contributed by atoms with Gasteiger partial charge in [-0.25, -0.2) is 0 Å². The third-order valence-corrected chi connectivity index (χ3v) is 3.69. The van der Waals surface area contributed by atoms with Crippen LogP contribution in [0, 0.1) is 0 Å². The molecular formula is C7H18ClN3O2S. The molecular weight excluding hydrogens is 226 g/mol. The minimum absolute atomic E-state index is 0. The summed E-state index contributed by atoms with van der Waals surface area (Å²) < 4.78 is 27.0. The lowest BCUT2D eigenvalue weighted by Crippen LogP contribution is -2.43. The Balaban J connectivity index is 0.00000169. The van der Waals surface area contributed by atoms with Crippen LogP contribution >= 0.6 is 12.4 Å².